The summed E-state index contributed by atoms with van der Waals surface area (Å²) in [5.41, 5.74) is 7.20. The van der Waals surface area contributed by atoms with E-state index in [0.717, 1.165) is 18.7 Å². The number of unbranched alkanes of at least 4 members (excludes halogenated alkanes) is 1. The third kappa shape index (κ3) is 4.56. The molecule has 0 saturated carbocycles. The quantitative estimate of drug-likeness (QED) is 0.626. The van der Waals surface area contributed by atoms with Crippen LogP contribution in [0.15, 0.2) is 53.4 Å². The number of fused-ring (bicyclic) bond motifs is 2. The number of nitrogens with zero attached hydrogens (tertiary/aromatic N) is 1. The Hall–Kier alpha value is -1.51. The largest absolute Gasteiger partial charge is 0.309 e. The summed E-state index contributed by atoms with van der Waals surface area (Å²) in [7, 11) is 4.29. The lowest BCUT2D eigenvalue weighted by Gasteiger charge is -2.14. The molecule has 25 heavy (non-hydrogen) atoms. The molecule has 2 aromatic carbocycles. The van der Waals surface area contributed by atoms with Gasteiger partial charge in [-0.1, -0.05) is 55.8 Å². The molecule has 1 heterocycles. The number of hydrogen-bond donors (Lipinski definition) is 0. The van der Waals surface area contributed by atoms with Crippen molar-refractivity contribution >= 4 is 17.3 Å². The molecular formula is C23H29NS. The highest BCUT2D eigenvalue weighted by Crippen LogP contribution is 2.40. The van der Waals surface area contributed by atoms with E-state index in [2.05, 4.69) is 74.5 Å². The summed E-state index contributed by atoms with van der Waals surface area (Å²) in [6.45, 7) is 3.35. The minimum absolute atomic E-state index is 1.06. The molecule has 2 aromatic rings. The average Bonchev–Trinajstić information content (AvgIpc) is 2.77. The van der Waals surface area contributed by atoms with Crippen LogP contribution in [0.5, 0.6) is 0 Å². The number of rotatable bonds is 6. The van der Waals surface area contributed by atoms with Crippen LogP contribution >= 0.6 is 11.8 Å². The first-order valence-corrected chi connectivity index (χ1v) is 10.4. The zero-order chi connectivity index (χ0) is 17.6. The summed E-state index contributed by atoms with van der Waals surface area (Å²) in [6, 6.07) is 16.0. The van der Waals surface area contributed by atoms with Crippen molar-refractivity contribution in [2.45, 2.75) is 43.3 Å². The molecule has 0 amide bonds. The molecule has 1 aliphatic heterocycles. The first-order valence-electron chi connectivity index (χ1n) is 9.38. The van der Waals surface area contributed by atoms with E-state index in [1.165, 1.54) is 52.0 Å². The maximum absolute atomic E-state index is 2.45. The monoisotopic (exact) mass is 351 g/mol. The van der Waals surface area contributed by atoms with Crippen molar-refractivity contribution in [2.24, 2.45) is 0 Å². The van der Waals surface area contributed by atoms with Gasteiger partial charge in [0.15, 0.2) is 0 Å². The van der Waals surface area contributed by atoms with E-state index < -0.39 is 0 Å². The van der Waals surface area contributed by atoms with Crippen molar-refractivity contribution in [2.75, 3.05) is 20.6 Å². The predicted molar refractivity (Wildman–Crippen MR) is 111 cm³/mol. The van der Waals surface area contributed by atoms with Crippen molar-refractivity contribution in [3.8, 4) is 0 Å². The highest BCUT2D eigenvalue weighted by atomic mass is 32.2. The molecule has 132 valence electrons. The fourth-order valence-electron chi connectivity index (χ4n) is 3.35. The zero-order valence-electron chi connectivity index (χ0n) is 15.7. The number of benzene rings is 2. The van der Waals surface area contributed by atoms with Crippen molar-refractivity contribution in [1.29, 1.82) is 0 Å². The average molecular weight is 352 g/mol. The molecule has 0 aliphatic carbocycles. The van der Waals surface area contributed by atoms with E-state index in [9.17, 15) is 0 Å². The lowest BCUT2D eigenvalue weighted by atomic mass is 9.92. The molecular weight excluding hydrogens is 322 g/mol. The van der Waals surface area contributed by atoms with Gasteiger partial charge in [0.1, 0.15) is 0 Å². The van der Waals surface area contributed by atoms with E-state index in [-0.39, 0.29) is 0 Å². The second-order valence-electron chi connectivity index (χ2n) is 7.09. The summed E-state index contributed by atoms with van der Waals surface area (Å²) in [5, 5.41) is 0. The van der Waals surface area contributed by atoms with E-state index in [4.69, 9.17) is 0 Å². The van der Waals surface area contributed by atoms with Gasteiger partial charge in [0.2, 0.25) is 0 Å². The topological polar surface area (TPSA) is 3.24 Å². The van der Waals surface area contributed by atoms with Crippen LogP contribution in [0.1, 0.15) is 48.4 Å². The molecule has 0 radical (unpaired) electrons. The van der Waals surface area contributed by atoms with Gasteiger partial charge in [-0.2, -0.15) is 0 Å². The van der Waals surface area contributed by atoms with Gasteiger partial charge in [-0.25, -0.2) is 0 Å². The molecule has 2 heteroatoms. The molecule has 0 fully saturated rings. The van der Waals surface area contributed by atoms with Crippen LogP contribution < -0.4 is 0 Å². The summed E-state index contributed by atoms with van der Waals surface area (Å²) < 4.78 is 0. The van der Waals surface area contributed by atoms with E-state index in [1.54, 1.807) is 0 Å². The molecule has 0 spiro atoms. The molecule has 0 saturated heterocycles. The Labute approximate surface area is 157 Å². The maximum atomic E-state index is 2.45. The Morgan fingerprint density at radius 1 is 1.08 bits per heavy atom. The smallest absolute Gasteiger partial charge is 0.0238 e. The van der Waals surface area contributed by atoms with Gasteiger partial charge in [0.05, 0.1) is 0 Å². The van der Waals surface area contributed by atoms with Crippen LogP contribution in [0.3, 0.4) is 0 Å². The van der Waals surface area contributed by atoms with Gasteiger partial charge in [0.25, 0.3) is 0 Å². The zero-order valence-corrected chi connectivity index (χ0v) is 16.5. The highest BCUT2D eigenvalue weighted by Gasteiger charge is 2.18. The van der Waals surface area contributed by atoms with Crippen LogP contribution in [-0.2, 0) is 12.2 Å². The van der Waals surface area contributed by atoms with Gasteiger partial charge < -0.3 is 4.90 Å². The molecule has 1 aliphatic rings. The summed E-state index contributed by atoms with van der Waals surface area (Å²) in [5.74, 6) is 1.06. The first-order chi connectivity index (χ1) is 12.2. The van der Waals surface area contributed by atoms with Crippen LogP contribution in [0.25, 0.3) is 5.57 Å². The number of thioether (sulfide) groups is 1. The standard InChI is InChI=1S/C23H29NS/c1-4-5-9-18-13-14-23-22(16-18)21(12-8-15-24(2)3)20-11-7-6-10-19(20)17-25-23/h6-7,10-14,16H,4-5,8-9,15,17H2,1-3H3/b21-12-. The Morgan fingerprint density at radius 2 is 1.92 bits per heavy atom. The van der Waals surface area contributed by atoms with Crippen LogP contribution in [-0.4, -0.2) is 25.5 Å². The molecule has 0 N–H and O–H groups in total. The van der Waals surface area contributed by atoms with Crippen molar-refractivity contribution in [1.82, 2.24) is 4.90 Å². The molecule has 0 unspecified atom stereocenters. The van der Waals surface area contributed by atoms with Gasteiger partial charge >= 0.3 is 0 Å². The van der Waals surface area contributed by atoms with Crippen LogP contribution in [0.4, 0.5) is 0 Å². The van der Waals surface area contributed by atoms with E-state index in [0.29, 0.717) is 0 Å². The van der Waals surface area contributed by atoms with Crippen molar-refractivity contribution in [3.63, 3.8) is 0 Å². The Kier molecular flexibility index (Phi) is 6.39. The van der Waals surface area contributed by atoms with Gasteiger partial charge in [0, 0.05) is 17.2 Å². The van der Waals surface area contributed by atoms with Crippen molar-refractivity contribution < 1.29 is 0 Å². The fourth-order valence-corrected chi connectivity index (χ4v) is 4.40. The highest BCUT2D eigenvalue weighted by molar-refractivity contribution is 7.98. The minimum Gasteiger partial charge on any atom is -0.309 e. The summed E-state index contributed by atoms with van der Waals surface area (Å²) in [4.78, 5) is 3.68. The third-order valence-corrected chi connectivity index (χ3v) is 5.89. The third-order valence-electron chi connectivity index (χ3n) is 4.77. The maximum Gasteiger partial charge on any atom is 0.0238 e. The van der Waals surface area contributed by atoms with Crippen molar-refractivity contribution in [3.05, 3.63) is 70.8 Å². The predicted octanol–water partition coefficient (Wildman–Crippen LogP) is 6.02. The second-order valence-corrected chi connectivity index (χ2v) is 8.11. The lowest BCUT2D eigenvalue weighted by molar-refractivity contribution is 0.417. The Bertz CT molecular complexity index is 746. The van der Waals surface area contributed by atoms with Gasteiger partial charge in [-0.05, 0) is 67.3 Å². The SMILES string of the molecule is CCCCc1ccc2c(c1)/C(=C\CCN(C)C)c1ccccc1CS2. The molecule has 3 rings (SSSR count). The number of hydrogen-bond acceptors (Lipinski definition) is 2. The Morgan fingerprint density at radius 3 is 2.72 bits per heavy atom. The fraction of sp³-hybridized carbons (Fsp3) is 0.391. The number of aryl methyl sites for hydroxylation is 1. The molecule has 0 aromatic heterocycles. The van der Waals surface area contributed by atoms with Crippen LogP contribution in [0, 0.1) is 0 Å². The normalized spacial score (nSPS) is 15.1. The molecule has 0 bridgehead atoms. The van der Waals surface area contributed by atoms with E-state index in [1.807, 2.05) is 11.8 Å². The van der Waals surface area contributed by atoms with Gasteiger partial charge in [-0.15, -0.1) is 11.8 Å². The summed E-state index contributed by atoms with van der Waals surface area (Å²) in [6.07, 6.45) is 7.23. The lowest BCUT2D eigenvalue weighted by Crippen LogP contribution is -2.12. The first kappa shape index (κ1) is 18.3. The van der Waals surface area contributed by atoms with E-state index >= 15 is 0 Å². The summed E-state index contributed by atoms with van der Waals surface area (Å²) >= 11 is 1.98. The molecule has 1 nitrogen and oxygen atoms in total. The second kappa shape index (κ2) is 8.73. The van der Waals surface area contributed by atoms with Gasteiger partial charge in [-0.3, -0.25) is 0 Å². The Balaban J connectivity index is 2.03. The minimum atomic E-state index is 1.06. The molecule has 0 atom stereocenters. The van der Waals surface area contributed by atoms with Crippen LogP contribution in [0.2, 0.25) is 0 Å².